The van der Waals surface area contributed by atoms with Gasteiger partial charge in [-0.05, 0) is 54.7 Å². The fourth-order valence-electron chi connectivity index (χ4n) is 4.00. The van der Waals surface area contributed by atoms with Crippen LogP contribution in [0.3, 0.4) is 0 Å². The molecule has 184 valence electrons. The largest absolute Gasteiger partial charge is 0.497 e. The van der Waals surface area contributed by atoms with Crippen molar-refractivity contribution in [3.8, 4) is 5.75 Å². The predicted octanol–water partition coefficient (Wildman–Crippen LogP) is 2.20. The average molecular weight is 497 g/mol. The van der Waals surface area contributed by atoms with E-state index < -0.39 is 18.0 Å². The van der Waals surface area contributed by atoms with Gasteiger partial charge in [-0.15, -0.1) is 10.2 Å². The van der Waals surface area contributed by atoms with E-state index in [4.69, 9.17) is 4.74 Å². The van der Waals surface area contributed by atoms with Crippen molar-refractivity contribution in [1.29, 1.82) is 0 Å². The van der Waals surface area contributed by atoms with Gasteiger partial charge in [0.1, 0.15) is 11.8 Å². The van der Waals surface area contributed by atoms with Crippen LogP contribution in [-0.4, -0.2) is 69.0 Å². The highest BCUT2D eigenvalue weighted by Gasteiger charge is 2.39. The number of nitrogens with one attached hydrogen (secondary N) is 2. The molecule has 10 nitrogen and oxygen atoms in total. The fraction of sp³-hybridized carbons (Fsp3) is 0.375. The molecule has 0 radical (unpaired) electrons. The van der Waals surface area contributed by atoms with Gasteiger partial charge in [0.2, 0.25) is 5.91 Å². The maximum absolute atomic E-state index is 12.9. The lowest BCUT2D eigenvalue weighted by Crippen LogP contribution is -2.38. The number of amides is 4. The molecule has 0 bridgehead atoms. The maximum Gasteiger partial charge on any atom is 0.324 e. The van der Waals surface area contributed by atoms with Gasteiger partial charge in [0.05, 0.1) is 19.6 Å². The van der Waals surface area contributed by atoms with E-state index in [2.05, 4.69) is 20.8 Å². The van der Waals surface area contributed by atoms with Gasteiger partial charge in [0, 0.05) is 12.7 Å². The summed E-state index contributed by atoms with van der Waals surface area (Å²) in [5, 5.41) is 14.1. The molecule has 4 rings (SSSR count). The number of imide groups is 1. The Morgan fingerprint density at radius 1 is 1.20 bits per heavy atom. The summed E-state index contributed by atoms with van der Waals surface area (Å²) in [7, 11) is 1.60. The predicted molar refractivity (Wildman–Crippen MR) is 132 cm³/mol. The Morgan fingerprint density at radius 3 is 2.74 bits per heavy atom. The second-order valence-corrected chi connectivity index (χ2v) is 9.17. The van der Waals surface area contributed by atoms with Gasteiger partial charge in [0.25, 0.3) is 5.91 Å². The molecule has 1 aliphatic rings. The molecule has 2 aromatic heterocycles. The molecule has 35 heavy (non-hydrogen) atoms. The molecular weight excluding hydrogens is 468 g/mol. The molecule has 1 aromatic carbocycles. The third-order valence-electron chi connectivity index (χ3n) is 5.88. The lowest BCUT2D eigenvalue weighted by molar-refractivity contribution is -0.131. The molecule has 2 atom stereocenters. The number of carbonyl (C=O) groups excluding carboxylic acids is 3. The number of rotatable bonds is 11. The fourth-order valence-corrected chi connectivity index (χ4v) is 4.47. The van der Waals surface area contributed by atoms with Gasteiger partial charge >= 0.3 is 6.03 Å². The zero-order valence-electron chi connectivity index (χ0n) is 19.6. The zero-order valence-corrected chi connectivity index (χ0v) is 20.5. The Kier molecular flexibility index (Phi) is 7.86. The van der Waals surface area contributed by atoms with E-state index in [9.17, 15) is 14.4 Å². The third kappa shape index (κ3) is 5.73. The zero-order chi connectivity index (χ0) is 24.8. The number of urea groups is 1. The number of fused-ring (bicyclic) bond motifs is 1. The third-order valence-corrected chi connectivity index (χ3v) is 6.52. The summed E-state index contributed by atoms with van der Waals surface area (Å²) in [5.74, 6) is 1.45. The number of nitrogens with zero attached hydrogens (tertiary/aromatic N) is 4. The first-order valence-electron chi connectivity index (χ1n) is 11.3. The maximum atomic E-state index is 12.9. The van der Waals surface area contributed by atoms with Gasteiger partial charge < -0.3 is 15.4 Å². The summed E-state index contributed by atoms with van der Waals surface area (Å²) < 4.78 is 6.99. The summed E-state index contributed by atoms with van der Waals surface area (Å²) in [4.78, 5) is 39.3. The Morgan fingerprint density at radius 2 is 2.00 bits per heavy atom. The van der Waals surface area contributed by atoms with Crippen molar-refractivity contribution in [3.05, 3.63) is 60.0 Å². The summed E-state index contributed by atoms with van der Waals surface area (Å²) in [6, 6.07) is 11.3. The van der Waals surface area contributed by atoms with Gasteiger partial charge in [0.15, 0.2) is 11.5 Å². The van der Waals surface area contributed by atoms with E-state index in [0.717, 1.165) is 17.1 Å². The lowest BCUT2D eigenvalue weighted by atomic mass is 10.1. The molecule has 0 aliphatic carbocycles. The van der Waals surface area contributed by atoms with Crippen LogP contribution in [0.5, 0.6) is 5.75 Å². The van der Waals surface area contributed by atoms with Crippen LogP contribution < -0.4 is 15.4 Å². The number of hydrogen-bond donors (Lipinski definition) is 2. The summed E-state index contributed by atoms with van der Waals surface area (Å²) in [6.45, 7) is 0.233. The van der Waals surface area contributed by atoms with Gasteiger partial charge in [-0.25, -0.2) is 4.79 Å². The molecule has 1 fully saturated rings. The van der Waals surface area contributed by atoms with Crippen LogP contribution in [0, 0.1) is 0 Å². The van der Waals surface area contributed by atoms with Crippen LogP contribution in [0.4, 0.5) is 4.79 Å². The van der Waals surface area contributed by atoms with Crippen LogP contribution in [-0.2, 0) is 16.0 Å². The highest BCUT2D eigenvalue weighted by Crippen LogP contribution is 2.19. The Hall–Kier alpha value is -3.60. The van der Waals surface area contributed by atoms with Crippen molar-refractivity contribution < 1.29 is 19.1 Å². The highest BCUT2D eigenvalue weighted by atomic mass is 32.2. The van der Waals surface area contributed by atoms with Crippen molar-refractivity contribution in [2.24, 2.45) is 0 Å². The van der Waals surface area contributed by atoms with Crippen molar-refractivity contribution in [3.63, 3.8) is 0 Å². The van der Waals surface area contributed by atoms with Gasteiger partial charge in [-0.1, -0.05) is 18.2 Å². The number of ether oxygens (including phenoxy) is 1. The number of hydrogen-bond acceptors (Lipinski definition) is 7. The monoisotopic (exact) mass is 496 g/mol. The molecular formula is C24H28N6O4S. The molecule has 0 spiro atoms. The van der Waals surface area contributed by atoms with E-state index in [1.165, 1.54) is 4.90 Å². The first-order chi connectivity index (χ1) is 17.0. The molecule has 2 unspecified atom stereocenters. The van der Waals surface area contributed by atoms with Gasteiger partial charge in [-0.3, -0.25) is 18.9 Å². The summed E-state index contributed by atoms with van der Waals surface area (Å²) in [6.07, 6.45) is 4.87. The molecule has 3 aromatic rings. The number of methoxy groups -OCH3 is 1. The second-order valence-electron chi connectivity index (χ2n) is 8.18. The average Bonchev–Trinajstić information content (AvgIpc) is 3.41. The van der Waals surface area contributed by atoms with Crippen LogP contribution in [0.2, 0.25) is 0 Å². The van der Waals surface area contributed by atoms with Crippen LogP contribution >= 0.6 is 11.8 Å². The van der Waals surface area contributed by atoms with E-state index >= 15 is 0 Å². The minimum atomic E-state index is -0.894. The minimum Gasteiger partial charge on any atom is -0.497 e. The first kappa shape index (κ1) is 24.5. The van der Waals surface area contributed by atoms with Crippen LogP contribution in [0.1, 0.15) is 30.3 Å². The van der Waals surface area contributed by atoms with Crippen molar-refractivity contribution in [2.75, 3.05) is 25.7 Å². The number of thioether (sulfide) groups is 1. The quantitative estimate of drug-likeness (QED) is 0.391. The lowest BCUT2D eigenvalue weighted by Gasteiger charge is -2.18. The van der Waals surface area contributed by atoms with Crippen LogP contribution in [0.15, 0.2) is 48.7 Å². The molecule has 4 amide bonds. The van der Waals surface area contributed by atoms with E-state index in [0.29, 0.717) is 24.3 Å². The molecule has 3 heterocycles. The van der Waals surface area contributed by atoms with Crippen molar-refractivity contribution in [1.82, 2.24) is 30.1 Å². The number of pyridine rings is 1. The first-order valence-corrected chi connectivity index (χ1v) is 12.7. The van der Waals surface area contributed by atoms with Crippen molar-refractivity contribution >= 4 is 35.3 Å². The van der Waals surface area contributed by atoms with E-state index in [1.54, 1.807) is 18.9 Å². The molecule has 0 saturated carbocycles. The molecule has 2 N–H and O–H groups in total. The van der Waals surface area contributed by atoms with E-state index in [1.807, 2.05) is 59.3 Å². The number of benzene rings is 1. The molecule has 1 saturated heterocycles. The topological polar surface area (TPSA) is 118 Å². The molecule has 1 aliphatic heterocycles. The number of carbonyl (C=O) groups is 3. The smallest absolute Gasteiger partial charge is 0.324 e. The van der Waals surface area contributed by atoms with Crippen molar-refractivity contribution in [2.45, 2.75) is 31.3 Å². The summed E-state index contributed by atoms with van der Waals surface area (Å²) in [5.41, 5.74) is 1.67. The van der Waals surface area contributed by atoms with E-state index in [-0.39, 0.29) is 24.9 Å². The SMILES string of the molecule is COc1ccc(CCN2C(=O)NC(CC(=O)NC(CCSC)c3nnc4ccccn34)C2=O)cc1. The molecule has 11 heteroatoms. The van der Waals surface area contributed by atoms with Crippen LogP contribution in [0.25, 0.3) is 5.65 Å². The Labute approximate surface area is 207 Å². The number of aromatic nitrogens is 3. The summed E-state index contributed by atoms with van der Waals surface area (Å²) >= 11 is 1.67. The Balaban J connectivity index is 1.37. The second kappa shape index (κ2) is 11.2. The Bertz CT molecular complexity index is 1200. The normalized spacial score (nSPS) is 16.4. The highest BCUT2D eigenvalue weighted by molar-refractivity contribution is 7.98. The standard InChI is InChI=1S/C24H28N6O4S/c1-34-17-8-6-16(7-9-17)10-13-30-23(32)19(26-24(30)33)15-21(31)25-18(11-14-35-2)22-28-27-20-5-3-4-12-29(20)22/h3-9,12,18-19H,10-11,13-15H2,1-2H3,(H,25,31)(H,26,33). The van der Waals surface area contributed by atoms with Gasteiger partial charge in [-0.2, -0.15) is 11.8 Å². The minimum absolute atomic E-state index is 0.143.